The smallest absolute Gasteiger partial charge is 0.271 e. The normalized spacial score (nSPS) is 11.5. The second-order valence-corrected chi connectivity index (χ2v) is 5.16. The van der Waals surface area contributed by atoms with Gasteiger partial charge in [0, 0.05) is 19.8 Å². The van der Waals surface area contributed by atoms with E-state index in [1.54, 1.807) is 17.1 Å². The van der Waals surface area contributed by atoms with E-state index in [1.807, 2.05) is 7.05 Å². The van der Waals surface area contributed by atoms with Crippen molar-refractivity contribution in [1.29, 1.82) is 0 Å². The first-order chi connectivity index (χ1) is 7.94. The largest absolute Gasteiger partial charge is 0.350 e. The molecule has 5 heteroatoms. The molecule has 0 aliphatic rings. The lowest BCUT2D eigenvalue weighted by Crippen LogP contribution is -2.34. The van der Waals surface area contributed by atoms with Crippen LogP contribution in [-0.2, 0) is 7.05 Å². The third-order valence-corrected chi connectivity index (χ3v) is 2.72. The Morgan fingerprint density at radius 3 is 2.82 bits per heavy atom. The zero-order valence-electron chi connectivity index (χ0n) is 10.9. The molecule has 0 aliphatic carbocycles. The molecule has 0 saturated carbocycles. The van der Waals surface area contributed by atoms with Crippen LogP contribution in [0, 0.1) is 5.41 Å². The number of hydrogen-bond donors (Lipinski definition) is 2. The minimum Gasteiger partial charge on any atom is -0.350 e. The van der Waals surface area contributed by atoms with Crippen LogP contribution < -0.4 is 11.1 Å². The van der Waals surface area contributed by atoms with Crippen LogP contribution in [0.5, 0.6) is 0 Å². The number of amides is 1. The van der Waals surface area contributed by atoms with E-state index in [1.165, 1.54) is 0 Å². The second-order valence-electron chi connectivity index (χ2n) is 5.16. The summed E-state index contributed by atoms with van der Waals surface area (Å²) in [5.41, 5.74) is 6.02. The lowest BCUT2D eigenvalue weighted by atomic mass is 9.88. The van der Waals surface area contributed by atoms with E-state index in [0.717, 1.165) is 12.8 Å². The van der Waals surface area contributed by atoms with Crippen molar-refractivity contribution in [3.63, 3.8) is 0 Å². The molecule has 96 valence electrons. The number of carbonyl (C=O) groups is 1. The fourth-order valence-corrected chi connectivity index (χ4v) is 1.61. The Hall–Kier alpha value is -1.36. The molecule has 17 heavy (non-hydrogen) atoms. The van der Waals surface area contributed by atoms with Crippen molar-refractivity contribution in [3.05, 3.63) is 18.2 Å². The van der Waals surface area contributed by atoms with Crippen LogP contribution in [-0.4, -0.2) is 28.5 Å². The predicted molar refractivity (Wildman–Crippen MR) is 67.6 cm³/mol. The van der Waals surface area contributed by atoms with Gasteiger partial charge >= 0.3 is 0 Å². The quantitative estimate of drug-likeness (QED) is 0.774. The molecule has 5 nitrogen and oxygen atoms in total. The summed E-state index contributed by atoms with van der Waals surface area (Å²) in [4.78, 5) is 15.8. The molecule has 0 bridgehead atoms. The first kappa shape index (κ1) is 13.7. The maximum atomic E-state index is 11.8. The van der Waals surface area contributed by atoms with Gasteiger partial charge in [-0.15, -0.1) is 0 Å². The van der Waals surface area contributed by atoms with Gasteiger partial charge in [0.1, 0.15) is 5.69 Å². The van der Waals surface area contributed by atoms with Crippen molar-refractivity contribution in [1.82, 2.24) is 14.9 Å². The minimum absolute atomic E-state index is 0.0732. The molecule has 0 radical (unpaired) electrons. The Morgan fingerprint density at radius 1 is 1.59 bits per heavy atom. The number of nitrogens with two attached hydrogens (primary N) is 1. The third kappa shape index (κ3) is 4.56. The maximum absolute atomic E-state index is 11.8. The lowest BCUT2D eigenvalue weighted by Gasteiger charge is -2.24. The molecule has 1 amide bonds. The molecule has 0 spiro atoms. The number of aryl methyl sites for hydroxylation is 1. The number of nitrogens with one attached hydrogen (secondary N) is 1. The van der Waals surface area contributed by atoms with Crippen LogP contribution in [0.15, 0.2) is 12.5 Å². The van der Waals surface area contributed by atoms with Gasteiger partial charge in [-0.25, -0.2) is 4.98 Å². The number of nitrogens with zero attached hydrogens (tertiary/aromatic N) is 2. The van der Waals surface area contributed by atoms with Gasteiger partial charge in [0.25, 0.3) is 5.91 Å². The highest BCUT2D eigenvalue weighted by molar-refractivity contribution is 5.92. The molecular formula is C12H22N4O. The summed E-state index contributed by atoms with van der Waals surface area (Å²) in [6.07, 6.45) is 5.31. The summed E-state index contributed by atoms with van der Waals surface area (Å²) < 4.78 is 1.76. The van der Waals surface area contributed by atoms with Gasteiger partial charge in [-0.05, 0) is 24.8 Å². The monoisotopic (exact) mass is 238 g/mol. The van der Waals surface area contributed by atoms with Crippen molar-refractivity contribution in [3.8, 4) is 0 Å². The molecule has 0 fully saturated rings. The zero-order valence-corrected chi connectivity index (χ0v) is 10.9. The van der Waals surface area contributed by atoms with Crippen molar-refractivity contribution in [2.75, 3.05) is 13.1 Å². The van der Waals surface area contributed by atoms with E-state index in [9.17, 15) is 4.79 Å². The molecule has 1 aromatic heterocycles. The number of carbonyl (C=O) groups excluding carboxylic acids is 1. The molecule has 0 saturated heterocycles. The van der Waals surface area contributed by atoms with Gasteiger partial charge in [0.05, 0.1) is 6.33 Å². The fourth-order valence-electron chi connectivity index (χ4n) is 1.61. The summed E-state index contributed by atoms with van der Waals surface area (Å²) in [7, 11) is 1.84. The molecule has 0 atom stereocenters. The van der Waals surface area contributed by atoms with Gasteiger partial charge in [0.15, 0.2) is 0 Å². The van der Waals surface area contributed by atoms with Crippen molar-refractivity contribution >= 4 is 5.91 Å². The average Bonchev–Trinajstić information content (AvgIpc) is 2.70. The Morgan fingerprint density at radius 2 is 2.29 bits per heavy atom. The van der Waals surface area contributed by atoms with Gasteiger partial charge in [0.2, 0.25) is 0 Å². The van der Waals surface area contributed by atoms with E-state index in [-0.39, 0.29) is 11.3 Å². The Bertz CT molecular complexity index is 370. The topological polar surface area (TPSA) is 72.9 Å². The van der Waals surface area contributed by atoms with Crippen LogP contribution in [0.25, 0.3) is 0 Å². The lowest BCUT2D eigenvalue weighted by molar-refractivity contribution is 0.0929. The highest BCUT2D eigenvalue weighted by Crippen LogP contribution is 2.20. The Kier molecular flexibility index (Phi) is 4.69. The second kappa shape index (κ2) is 5.82. The van der Waals surface area contributed by atoms with Crippen LogP contribution in [0.2, 0.25) is 0 Å². The molecule has 0 aromatic carbocycles. The first-order valence-electron chi connectivity index (χ1n) is 5.91. The van der Waals surface area contributed by atoms with E-state index in [4.69, 9.17) is 5.73 Å². The van der Waals surface area contributed by atoms with Crippen LogP contribution in [0.3, 0.4) is 0 Å². The summed E-state index contributed by atoms with van der Waals surface area (Å²) in [6, 6.07) is 0. The van der Waals surface area contributed by atoms with Gasteiger partial charge in [-0.1, -0.05) is 13.8 Å². The van der Waals surface area contributed by atoms with Gasteiger partial charge in [-0.2, -0.15) is 0 Å². The van der Waals surface area contributed by atoms with E-state index >= 15 is 0 Å². The zero-order chi connectivity index (χ0) is 12.9. The molecule has 1 aromatic rings. The fraction of sp³-hybridized carbons (Fsp3) is 0.667. The molecule has 3 N–H and O–H groups in total. The minimum atomic E-state index is -0.119. The molecule has 0 unspecified atom stereocenters. The number of rotatable bonds is 6. The van der Waals surface area contributed by atoms with Crippen LogP contribution in [0.4, 0.5) is 0 Å². The average molecular weight is 238 g/mol. The van der Waals surface area contributed by atoms with Crippen molar-refractivity contribution < 1.29 is 4.79 Å². The number of hydrogen-bond acceptors (Lipinski definition) is 3. The SMILES string of the molecule is Cn1cnc(C(=O)NCC(C)(C)CCCN)c1. The van der Waals surface area contributed by atoms with Crippen LogP contribution in [0.1, 0.15) is 37.2 Å². The summed E-state index contributed by atoms with van der Waals surface area (Å²) >= 11 is 0. The van der Waals surface area contributed by atoms with Gasteiger partial charge < -0.3 is 15.6 Å². The molecule has 1 rings (SSSR count). The summed E-state index contributed by atoms with van der Waals surface area (Å²) in [5.74, 6) is -0.119. The standard InChI is InChI=1S/C12H22N4O/c1-12(2,5-4-6-13)8-14-11(17)10-7-16(3)9-15-10/h7,9H,4-6,8,13H2,1-3H3,(H,14,17). The highest BCUT2D eigenvalue weighted by Gasteiger charge is 2.19. The third-order valence-electron chi connectivity index (χ3n) is 2.72. The Balaban J connectivity index is 2.42. The summed E-state index contributed by atoms with van der Waals surface area (Å²) in [5, 5.41) is 2.91. The predicted octanol–water partition coefficient (Wildman–Crippen LogP) is 0.915. The van der Waals surface area contributed by atoms with Crippen LogP contribution >= 0.6 is 0 Å². The van der Waals surface area contributed by atoms with E-state index < -0.39 is 0 Å². The van der Waals surface area contributed by atoms with E-state index in [0.29, 0.717) is 18.8 Å². The molecule has 1 heterocycles. The van der Waals surface area contributed by atoms with Crippen molar-refractivity contribution in [2.24, 2.45) is 18.2 Å². The number of imidazole rings is 1. The first-order valence-corrected chi connectivity index (χ1v) is 5.91. The van der Waals surface area contributed by atoms with E-state index in [2.05, 4.69) is 24.1 Å². The number of aromatic nitrogens is 2. The summed E-state index contributed by atoms with van der Waals surface area (Å²) in [6.45, 7) is 5.59. The molecule has 0 aliphatic heterocycles. The maximum Gasteiger partial charge on any atom is 0.271 e. The molecular weight excluding hydrogens is 216 g/mol. The van der Waals surface area contributed by atoms with Gasteiger partial charge in [-0.3, -0.25) is 4.79 Å². The highest BCUT2D eigenvalue weighted by atomic mass is 16.1. The Labute approximate surface area is 102 Å². The van der Waals surface area contributed by atoms with Crippen molar-refractivity contribution in [2.45, 2.75) is 26.7 Å².